The number of hydrogen-bond donors (Lipinski definition) is 1. The van der Waals surface area contributed by atoms with E-state index in [0.29, 0.717) is 11.5 Å². The zero-order valence-electron chi connectivity index (χ0n) is 7.70. The Morgan fingerprint density at radius 2 is 2.21 bits per heavy atom. The molecule has 0 heterocycles. The van der Waals surface area contributed by atoms with Crippen LogP contribution >= 0.6 is 15.9 Å². The van der Waals surface area contributed by atoms with Gasteiger partial charge in [0, 0.05) is 10.5 Å². The smallest absolute Gasteiger partial charge is 0.100 e. The number of nitrogens with two attached hydrogens (primary N) is 1. The second kappa shape index (κ2) is 3.72. The van der Waals surface area contributed by atoms with Crippen molar-refractivity contribution >= 4 is 15.9 Å². The van der Waals surface area contributed by atoms with Gasteiger partial charge in [-0.3, -0.25) is 0 Å². The quantitative estimate of drug-likeness (QED) is 0.878. The molecule has 1 aromatic carbocycles. The van der Waals surface area contributed by atoms with Gasteiger partial charge in [0.05, 0.1) is 5.56 Å². The Hall–Kier alpha value is -0.850. The van der Waals surface area contributed by atoms with Crippen LogP contribution in [0.3, 0.4) is 0 Å². The van der Waals surface area contributed by atoms with Crippen LogP contribution < -0.4 is 5.73 Å². The Labute approximate surface area is 91.9 Å². The normalized spacial score (nSPS) is 17.5. The van der Waals surface area contributed by atoms with Crippen LogP contribution in [0.25, 0.3) is 0 Å². The first-order valence-corrected chi connectivity index (χ1v) is 5.47. The molecule has 1 saturated carbocycles. The molecule has 2 nitrogen and oxygen atoms in total. The summed E-state index contributed by atoms with van der Waals surface area (Å²) in [6, 6.07) is 8.03. The van der Waals surface area contributed by atoms with Gasteiger partial charge in [-0.2, -0.15) is 5.26 Å². The van der Waals surface area contributed by atoms with Gasteiger partial charge < -0.3 is 5.73 Å². The Morgan fingerprint density at radius 3 is 2.79 bits per heavy atom. The Morgan fingerprint density at radius 1 is 1.50 bits per heavy atom. The summed E-state index contributed by atoms with van der Waals surface area (Å²) in [5, 5.41) is 8.86. The summed E-state index contributed by atoms with van der Waals surface area (Å²) in [7, 11) is 0. The monoisotopic (exact) mass is 250 g/mol. The van der Waals surface area contributed by atoms with Crippen LogP contribution in [0.2, 0.25) is 0 Å². The van der Waals surface area contributed by atoms with Crippen LogP contribution in [-0.2, 0) is 0 Å². The maximum Gasteiger partial charge on any atom is 0.100 e. The molecule has 0 amide bonds. The molecule has 1 unspecified atom stereocenters. The average molecular weight is 251 g/mol. The van der Waals surface area contributed by atoms with Crippen LogP contribution in [0.1, 0.15) is 30.0 Å². The standard InChI is InChI=1S/C11H11BrN2/c12-10-4-3-8(5-9(10)6-13)11(14)7-1-2-7/h3-5,7,11H,1-2,14H2. The third-order valence-corrected chi connectivity index (χ3v) is 3.32. The van der Waals surface area contributed by atoms with E-state index < -0.39 is 0 Å². The summed E-state index contributed by atoms with van der Waals surface area (Å²) in [6.45, 7) is 0. The van der Waals surface area contributed by atoms with E-state index in [4.69, 9.17) is 11.0 Å². The molecule has 1 aliphatic rings. The van der Waals surface area contributed by atoms with Gasteiger partial charge in [0.1, 0.15) is 6.07 Å². The Bertz CT molecular complexity index is 391. The maximum atomic E-state index is 8.86. The van der Waals surface area contributed by atoms with E-state index in [1.54, 1.807) is 0 Å². The molecule has 0 saturated heterocycles. The fourth-order valence-corrected chi connectivity index (χ4v) is 1.90. The minimum Gasteiger partial charge on any atom is -0.324 e. The topological polar surface area (TPSA) is 49.8 Å². The van der Waals surface area contributed by atoms with Crippen molar-refractivity contribution in [3.63, 3.8) is 0 Å². The molecule has 1 atom stereocenters. The molecule has 0 radical (unpaired) electrons. The minimum atomic E-state index is 0.107. The molecule has 0 spiro atoms. The van der Waals surface area contributed by atoms with Crippen molar-refractivity contribution in [1.82, 2.24) is 0 Å². The highest BCUT2D eigenvalue weighted by Gasteiger charge is 2.29. The van der Waals surface area contributed by atoms with Crippen molar-refractivity contribution in [3.05, 3.63) is 33.8 Å². The predicted octanol–water partition coefficient (Wildman–Crippen LogP) is 2.73. The van der Waals surface area contributed by atoms with Crippen molar-refractivity contribution in [3.8, 4) is 6.07 Å². The number of nitrogens with zero attached hydrogens (tertiary/aromatic N) is 1. The van der Waals surface area contributed by atoms with Crippen molar-refractivity contribution in [2.75, 3.05) is 0 Å². The van der Waals surface area contributed by atoms with Gasteiger partial charge in [-0.1, -0.05) is 6.07 Å². The molecular formula is C11H11BrN2. The summed E-state index contributed by atoms with van der Waals surface area (Å²) in [5.41, 5.74) is 7.79. The highest BCUT2D eigenvalue weighted by atomic mass is 79.9. The third kappa shape index (κ3) is 1.82. The molecule has 3 heteroatoms. The molecule has 1 aliphatic carbocycles. The predicted molar refractivity (Wildman–Crippen MR) is 58.5 cm³/mol. The molecular weight excluding hydrogens is 240 g/mol. The van der Waals surface area contributed by atoms with Gasteiger partial charge in [-0.05, 0) is 52.4 Å². The van der Waals surface area contributed by atoms with E-state index >= 15 is 0 Å². The number of hydrogen-bond acceptors (Lipinski definition) is 2. The molecule has 14 heavy (non-hydrogen) atoms. The average Bonchev–Trinajstić information content (AvgIpc) is 3.01. The summed E-state index contributed by atoms with van der Waals surface area (Å²) in [5.74, 6) is 0.628. The Kier molecular flexibility index (Phi) is 2.58. The lowest BCUT2D eigenvalue weighted by Gasteiger charge is -2.11. The zero-order valence-corrected chi connectivity index (χ0v) is 9.29. The van der Waals surface area contributed by atoms with E-state index in [-0.39, 0.29) is 6.04 Å². The second-order valence-electron chi connectivity index (χ2n) is 3.71. The highest BCUT2D eigenvalue weighted by molar-refractivity contribution is 9.10. The lowest BCUT2D eigenvalue weighted by atomic mass is 10.0. The van der Waals surface area contributed by atoms with Crippen molar-refractivity contribution in [2.24, 2.45) is 11.7 Å². The molecule has 72 valence electrons. The Balaban J connectivity index is 2.30. The lowest BCUT2D eigenvalue weighted by Crippen LogP contribution is -2.12. The number of benzene rings is 1. The van der Waals surface area contributed by atoms with E-state index in [2.05, 4.69) is 22.0 Å². The lowest BCUT2D eigenvalue weighted by molar-refractivity contribution is 0.633. The first-order chi connectivity index (χ1) is 6.72. The molecule has 2 N–H and O–H groups in total. The van der Waals surface area contributed by atoms with Crippen LogP contribution in [0.4, 0.5) is 0 Å². The van der Waals surface area contributed by atoms with Crippen LogP contribution in [0.15, 0.2) is 22.7 Å². The van der Waals surface area contributed by atoms with Gasteiger partial charge in [0.2, 0.25) is 0 Å². The molecule has 0 bridgehead atoms. The first kappa shape index (κ1) is 9.70. The van der Waals surface area contributed by atoms with Gasteiger partial charge >= 0.3 is 0 Å². The number of rotatable bonds is 2. The largest absolute Gasteiger partial charge is 0.324 e. The van der Waals surface area contributed by atoms with Gasteiger partial charge in [0.25, 0.3) is 0 Å². The molecule has 2 rings (SSSR count). The van der Waals surface area contributed by atoms with Crippen LogP contribution in [0.5, 0.6) is 0 Å². The second-order valence-corrected chi connectivity index (χ2v) is 4.57. The summed E-state index contributed by atoms with van der Waals surface area (Å²) in [4.78, 5) is 0. The molecule has 1 aromatic rings. The van der Waals surface area contributed by atoms with Crippen molar-refractivity contribution in [1.29, 1.82) is 5.26 Å². The van der Waals surface area contributed by atoms with E-state index in [9.17, 15) is 0 Å². The van der Waals surface area contributed by atoms with E-state index in [1.165, 1.54) is 12.8 Å². The van der Waals surface area contributed by atoms with Crippen LogP contribution in [-0.4, -0.2) is 0 Å². The molecule has 0 aromatic heterocycles. The first-order valence-electron chi connectivity index (χ1n) is 4.67. The number of halogens is 1. The molecule has 1 fully saturated rings. The minimum absolute atomic E-state index is 0.107. The maximum absolute atomic E-state index is 8.86. The van der Waals surface area contributed by atoms with Crippen molar-refractivity contribution in [2.45, 2.75) is 18.9 Å². The van der Waals surface area contributed by atoms with Gasteiger partial charge in [-0.15, -0.1) is 0 Å². The van der Waals surface area contributed by atoms with Gasteiger partial charge in [-0.25, -0.2) is 0 Å². The van der Waals surface area contributed by atoms with E-state index in [1.807, 2.05) is 18.2 Å². The number of nitriles is 1. The summed E-state index contributed by atoms with van der Waals surface area (Å²) >= 11 is 3.33. The fraction of sp³-hybridized carbons (Fsp3) is 0.364. The van der Waals surface area contributed by atoms with E-state index in [0.717, 1.165) is 10.0 Å². The third-order valence-electron chi connectivity index (χ3n) is 2.63. The molecule has 0 aliphatic heterocycles. The zero-order chi connectivity index (χ0) is 10.1. The van der Waals surface area contributed by atoms with Gasteiger partial charge in [0.15, 0.2) is 0 Å². The summed E-state index contributed by atoms with van der Waals surface area (Å²) in [6.07, 6.45) is 2.44. The fourth-order valence-electron chi connectivity index (χ4n) is 1.56. The van der Waals surface area contributed by atoms with Crippen molar-refractivity contribution < 1.29 is 0 Å². The SMILES string of the molecule is N#Cc1cc(C(N)C2CC2)ccc1Br. The summed E-state index contributed by atoms with van der Waals surface area (Å²) < 4.78 is 0.840. The van der Waals surface area contributed by atoms with Crippen LogP contribution in [0, 0.1) is 17.2 Å². The highest BCUT2D eigenvalue weighted by Crippen LogP contribution is 2.39.